The summed E-state index contributed by atoms with van der Waals surface area (Å²) < 4.78 is 2.10. The number of fused-ring (bicyclic) bond motifs is 1. The van der Waals surface area contributed by atoms with Gasteiger partial charge in [0.25, 0.3) is 0 Å². The van der Waals surface area contributed by atoms with Gasteiger partial charge >= 0.3 is 0 Å². The number of aromatic nitrogens is 3. The first-order chi connectivity index (χ1) is 8.71. The summed E-state index contributed by atoms with van der Waals surface area (Å²) in [5.41, 5.74) is 5.84. The molecule has 7 heteroatoms. The van der Waals surface area contributed by atoms with Crippen molar-refractivity contribution in [3.8, 4) is 0 Å². The predicted molar refractivity (Wildman–Crippen MR) is 65.0 cm³/mol. The van der Waals surface area contributed by atoms with Gasteiger partial charge in [-0.05, 0) is 18.3 Å². The van der Waals surface area contributed by atoms with Crippen molar-refractivity contribution >= 4 is 5.84 Å². The van der Waals surface area contributed by atoms with Crippen molar-refractivity contribution in [3.05, 3.63) is 12.2 Å². The number of oxime groups is 1. The standard InChI is InChI=1S/C11H18N6O/c12-9(15-18)5-11(1-2-11)7-16-3-4-17-8-13-14-10(17)6-16/h8,18H,1-7H2,(H2,12,15). The molecule has 98 valence electrons. The van der Waals surface area contributed by atoms with Gasteiger partial charge in [0.15, 0.2) is 0 Å². The molecule has 0 saturated heterocycles. The van der Waals surface area contributed by atoms with Crippen LogP contribution in [0.3, 0.4) is 0 Å². The third-order valence-corrected chi connectivity index (χ3v) is 3.92. The lowest BCUT2D eigenvalue weighted by molar-refractivity contribution is 0.177. The Bertz CT molecular complexity index is 464. The first kappa shape index (κ1) is 11.5. The summed E-state index contributed by atoms with van der Waals surface area (Å²) in [7, 11) is 0. The van der Waals surface area contributed by atoms with E-state index in [0.29, 0.717) is 12.3 Å². The van der Waals surface area contributed by atoms with Gasteiger partial charge in [-0.1, -0.05) is 5.16 Å². The molecular weight excluding hydrogens is 232 g/mol. The van der Waals surface area contributed by atoms with Gasteiger partial charge in [0.2, 0.25) is 0 Å². The Balaban J connectivity index is 1.61. The molecule has 1 aromatic heterocycles. The molecule has 1 fully saturated rings. The van der Waals surface area contributed by atoms with Crippen LogP contribution in [0.25, 0.3) is 0 Å². The Labute approximate surface area is 105 Å². The van der Waals surface area contributed by atoms with Gasteiger partial charge in [0.05, 0.1) is 6.54 Å². The number of rotatable bonds is 4. The Morgan fingerprint density at radius 3 is 3.06 bits per heavy atom. The van der Waals surface area contributed by atoms with Gasteiger partial charge in [0.1, 0.15) is 18.0 Å². The van der Waals surface area contributed by atoms with Crippen LogP contribution >= 0.6 is 0 Å². The first-order valence-electron chi connectivity index (χ1n) is 6.26. The third-order valence-electron chi connectivity index (χ3n) is 3.92. The van der Waals surface area contributed by atoms with Gasteiger partial charge < -0.3 is 15.5 Å². The van der Waals surface area contributed by atoms with Crippen LogP contribution in [-0.4, -0.2) is 43.8 Å². The number of amidine groups is 1. The molecule has 0 amide bonds. The third kappa shape index (κ3) is 2.17. The zero-order valence-corrected chi connectivity index (χ0v) is 10.3. The van der Waals surface area contributed by atoms with Crippen LogP contribution in [0.1, 0.15) is 25.1 Å². The first-order valence-corrected chi connectivity index (χ1v) is 6.26. The van der Waals surface area contributed by atoms with E-state index in [1.165, 1.54) is 0 Å². The van der Waals surface area contributed by atoms with Crippen molar-refractivity contribution in [1.82, 2.24) is 19.7 Å². The molecular formula is C11H18N6O. The summed E-state index contributed by atoms with van der Waals surface area (Å²) in [5.74, 6) is 1.37. The molecule has 1 aliphatic carbocycles. The number of hydrogen-bond acceptors (Lipinski definition) is 5. The van der Waals surface area contributed by atoms with Gasteiger partial charge in [0, 0.05) is 26.1 Å². The maximum atomic E-state index is 8.66. The average Bonchev–Trinajstić information content (AvgIpc) is 2.94. The predicted octanol–water partition coefficient (Wildman–Crippen LogP) is 0.0104. The summed E-state index contributed by atoms with van der Waals surface area (Å²) in [5, 5.41) is 19.8. The van der Waals surface area contributed by atoms with Crippen LogP contribution in [0.15, 0.2) is 11.5 Å². The lowest BCUT2D eigenvalue weighted by Crippen LogP contribution is -2.38. The topological polar surface area (TPSA) is 92.6 Å². The second-order valence-electron chi connectivity index (χ2n) is 5.42. The smallest absolute Gasteiger partial charge is 0.147 e. The summed E-state index contributed by atoms with van der Waals surface area (Å²) in [4.78, 5) is 2.39. The minimum absolute atomic E-state index is 0.221. The summed E-state index contributed by atoms with van der Waals surface area (Å²) >= 11 is 0. The molecule has 1 saturated carbocycles. The largest absolute Gasteiger partial charge is 0.409 e. The molecule has 18 heavy (non-hydrogen) atoms. The summed E-state index contributed by atoms with van der Waals surface area (Å²) in [6.07, 6.45) is 4.79. The molecule has 3 rings (SSSR count). The van der Waals surface area contributed by atoms with E-state index < -0.39 is 0 Å². The second-order valence-corrected chi connectivity index (χ2v) is 5.42. The molecule has 2 aliphatic rings. The lowest BCUT2D eigenvalue weighted by Gasteiger charge is -2.30. The Morgan fingerprint density at radius 2 is 2.33 bits per heavy atom. The minimum atomic E-state index is 0.221. The van der Waals surface area contributed by atoms with Crippen LogP contribution in [0.2, 0.25) is 0 Å². The molecule has 1 aliphatic heterocycles. The highest BCUT2D eigenvalue weighted by Gasteiger charge is 2.44. The molecule has 2 heterocycles. The Hall–Kier alpha value is -1.63. The fraction of sp³-hybridized carbons (Fsp3) is 0.727. The van der Waals surface area contributed by atoms with Crippen molar-refractivity contribution in [1.29, 1.82) is 0 Å². The number of hydrogen-bond donors (Lipinski definition) is 2. The highest BCUT2D eigenvalue weighted by molar-refractivity contribution is 5.80. The van der Waals surface area contributed by atoms with Crippen LogP contribution in [-0.2, 0) is 13.1 Å². The van der Waals surface area contributed by atoms with E-state index in [2.05, 4.69) is 24.8 Å². The monoisotopic (exact) mass is 250 g/mol. The molecule has 0 radical (unpaired) electrons. The van der Waals surface area contributed by atoms with E-state index in [0.717, 1.165) is 44.8 Å². The molecule has 1 aromatic rings. The van der Waals surface area contributed by atoms with Crippen molar-refractivity contribution < 1.29 is 5.21 Å². The highest BCUT2D eigenvalue weighted by Crippen LogP contribution is 2.49. The van der Waals surface area contributed by atoms with E-state index in [1.54, 1.807) is 6.33 Å². The summed E-state index contributed by atoms with van der Waals surface area (Å²) in [6, 6.07) is 0. The maximum absolute atomic E-state index is 8.66. The zero-order valence-electron chi connectivity index (χ0n) is 10.3. The molecule has 0 unspecified atom stereocenters. The fourth-order valence-electron chi connectivity index (χ4n) is 2.71. The lowest BCUT2D eigenvalue weighted by atomic mass is 10.0. The van der Waals surface area contributed by atoms with Crippen LogP contribution in [0.5, 0.6) is 0 Å². The molecule has 0 spiro atoms. The second kappa shape index (κ2) is 4.24. The molecule has 3 N–H and O–H groups in total. The summed E-state index contributed by atoms with van der Waals surface area (Å²) in [6.45, 7) is 3.80. The van der Waals surface area contributed by atoms with Crippen molar-refractivity contribution in [2.75, 3.05) is 13.1 Å². The van der Waals surface area contributed by atoms with E-state index in [-0.39, 0.29) is 5.41 Å². The minimum Gasteiger partial charge on any atom is -0.409 e. The van der Waals surface area contributed by atoms with Gasteiger partial charge in [-0.25, -0.2) is 0 Å². The van der Waals surface area contributed by atoms with Gasteiger partial charge in [-0.2, -0.15) is 0 Å². The van der Waals surface area contributed by atoms with Crippen LogP contribution < -0.4 is 5.73 Å². The van der Waals surface area contributed by atoms with Gasteiger partial charge in [-0.3, -0.25) is 4.90 Å². The zero-order chi connectivity index (χ0) is 12.6. The number of nitrogens with zero attached hydrogens (tertiary/aromatic N) is 5. The maximum Gasteiger partial charge on any atom is 0.147 e. The quantitative estimate of drug-likeness (QED) is 0.340. The Kier molecular flexibility index (Phi) is 2.70. The number of nitrogens with two attached hydrogens (primary N) is 1. The fourth-order valence-corrected chi connectivity index (χ4v) is 2.71. The van der Waals surface area contributed by atoms with Crippen molar-refractivity contribution in [2.24, 2.45) is 16.3 Å². The highest BCUT2D eigenvalue weighted by atomic mass is 16.4. The Morgan fingerprint density at radius 1 is 1.50 bits per heavy atom. The normalized spacial score (nSPS) is 22.8. The molecule has 7 nitrogen and oxygen atoms in total. The van der Waals surface area contributed by atoms with Crippen LogP contribution in [0, 0.1) is 5.41 Å². The van der Waals surface area contributed by atoms with E-state index >= 15 is 0 Å². The molecule has 0 aromatic carbocycles. The molecule has 0 atom stereocenters. The van der Waals surface area contributed by atoms with E-state index in [4.69, 9.17) is 10.9 Å². The van der Waals surface area contributed by atoms with E-state index in [9.17, 15) is 0 Å². The van der Waals surface area contributed by atoms with Crippen molar-refractivity contribution in [3.63, 3.8) is 0 Å². The molecule has 0 bridgehead atoms. The van der Waals surface area contributed by atoms with E-state index in [1.807, 2.05) is 0 Å². The SMILES string of the molecule is NC(CC1(CN2CCn3cnnc3C2)CC1)=NO. The van der Waals surface area contributed by atoms with Crippen LogP contribution in [0.4, 0.5) is 0 Å². The van der Waals surface area contributed by atoms with Crippen molar-refractivity contribution in [2.45, 2.75) is 32.4 Å². The van der Waals surface area contributed by atoms with Gasteiger partial charge in [-0.15, -0.1) is 10.2 Å². The average molecular weight is 250 g/mol.